The van der Waals surface area contributed by atoms with Gasteiger partial charge in [-0.25, -0.2) is 0 Å². The average molecular weight is 288 g/mol. The maximum absolute atomic E-state index is 12.1. The van der Waals surface area contributed by atoms with Gasteiger partial charge < -0.3 is 15.3 Å². The number of Topliss-reactive ketones (excluding diaryl/α,β-unsaturated/α-hetero) is 2. The summed E-state index contributed by atoms with van der Waals surface area (Å²) < 4.78 is 0. The summed E-state index contributed by atoms with van der Waals surface area (Å²) in [5, 5.41) is 29.0. The topological polar surface area (TPSA) is 94.8 Å². The van der Waals surface area contributed by atoms with E-state index in [1.54, 1.807) is 0 Å². The number of carbonyl (C=O) groups excluding carboxylic acids is 2. The first kappa shape index (κ1) is 19.2. The Labute approximate surface area is 121 Å². The van der Waals surface area contributed by atoms with E-state index in [0.717, 1.165) is 25.7 Å². The van der Waals surface area contributed by atoms with Crippen LogP contribution in [-0.2, 0) is 9.59 Å². The van der Waals surface area contributed by atoms with Crippen molar-refractivity contribution in [2.24, 2.45) is 0 Å². The highest BCUT2D eigenvalue weighted by Crippen LogP contribution is 2.21. The SMILES string of the molecule is CCCCCC(=O)C(O)(C(=O)CCCCC)C(O)CO. The second-order valence-corrected chi connectivity index (χ2v) is 5.23. The lowest BCUT2D eigenvalue weighted by Gasteiger charge is -2.29. The van der Waals surface area contributed by atoms with Gasteiger partial charge in [-0.05, 0) is 12.8 Å². The Kier molecular flexibility index (Phi) is 9.63. The molecule has 0 aromatic carbocycles. The lowest BCUT2D eigenvalue weighted by Crippen LogP contribution is -2.57. The van der Waals surface area contributed by atoms with E-state index in [1.165, 1.54) is 0 Å². The highest BCUT2D eigenvalue weighted by atomic mass is 16.4. The van der Waals surface area contributed by atoms with Crippen molar-refractivity contribution >= 4 is 11.6 Å². The van der Waals surface area contributed by atoms with Crippen molar-refractivity contribution in [3.8, 4) is 0 Å². The van der Waals surface area contributed by atoms with Crippen LogP contribution in [-0.4, -0.2) is 45.2 Å². The van der Waals surface area contributed by atoms with Crippen molar-refractivity contribution in [3.05, 3.63) is 0 Å². The molecule has 0 fully saturated rings. The fourth-order valence-electron chi connectivity index (χ4n) is 2.11. The van der Waals surface area contributed by atoms with E-state index in [-0.39, 0.29) is 12.8 Å². The van der Waals surface area contributed by atoms with Crippen molar-refractivity contribution < 1.29 is 24.9 Å². The predicted molar refractivity (Wildman–Crippen MR) is 76.3 cm³/mol. The summed E-state index contributed by atoms with van der Waals surface area (Å²) in [7, 11) is 0. The van der Waals surface area contributed by atoms with E-state index in [1.807, 2.05) is 13.8 Å². The fourth-order valence-corrected chi connectivity index (χ4v) is 2.11. The molecular weight excluding hydrogens is 260 g/mol. The Balaban J connectivity index is 4.80. The van der Waals surface area contributed by atoms with E-state index in [9.17, 15) is 19.8 Å². The second kappa shape index (κ2) is 10.0. The molecule has 0 aliphatic carbocycles. The maximum atomic E-state index is 12.1. The Hall–Kier alpha value is -0.780. The summed E-state index contributed by atoms with van der Waals surface area (Å²) in [6, 6.07) is 0. The van der Waals surface area contributed by atoms with E-state index in [0.29, 0.717) is 12.8 Å². The van der Waals surface area contributed by atoms with Crippen molar-refractivity contribution in [1.82, 2.24) is 0 Å². The van der Waals surface area contributed by atoms with Crippen LogP contribution in [0, 0.1) is 0 Å². The van der Waals surface area contributed by atoms with Gasteiger partial charge in [-0.1, -0.05) is 39.5 Å². The van der Waals surface area contributed by atoms with Gasteiger partial charge in [0.05, 0.1) is 6.61 Å². The number of rotatable bonds is 12. The highest BCUT2D eigenvalue weighted by molar-refractivity contribution is 6.10. The van der Waals surface area contributed by atoms with Crippen LogP contribution in [0.1, 0.15) is 65.2 Å². The van der Waals surface area contributed by atoms with Gasteiger partial charge in [0.15, 0.2) is 11.6 Å². The molecule has 0 aromatic heterocycles. The Bertz CT molecular complexity index is 279. The van der Waals surface area contributed by atoms with Gasteiger partial charge in [0.2, 0.25) is 5.60 Å². The normalized spacial score (nSPS) is 13.2. The number of aliphatic hydroxyl groups is 3. The molecule has 0 amide bonds. The molecule has 0 aliphatic rings. The molecule has 0 radical (unpaired) electrons. The summed E-state index contributed by atoms with van der Waals surface area (Å²) in [6.45, 7) is 3.15. The van der Waals surface area contributed by atoms with Gasteiger partial charge in [-0.2, -0.15) is 0 Å². The minimum atomic E-state index is -2.45. The van der Waals surface area contributed by atoms with Crippen LogP contribution in [0.5, 0.6) is 0 Å². The summed E-state index contributed by atoms with van der Waals surface area (Å²) in [5.41, 5.74) is -2.45. The molecule has 5 nitrogen and oxygen atoms in total. The number of unbranched alkanes of at least 4 members (excludes halogenated alkanes) is 4. The average Bonchev–Trinajstić information content (AvgIpc) is 2.45. The number of ketones is 2. The molecule has 0 rings (SSSR count). The van der Waals surface area contributed by atoms with Crippen LogP contribution in [0.4, 0.5) is 0 Å². The quantitative estimate of drug-likeness (QED) is 0.372. The first-order chi connectivity index (χ1) is 9.44. The molecule has 0 aliphatic heterocycles. The van der Waals surface area contributed by atoms with Gasteiger partial charge in [0.25, 0.3) is 0 Å². The molecular formula is C15H28O5. The lowest BCUT2D eigenvalue weighted by atomic mass is 9.83. The van der Waals surface area contributed by atoms with Crippen LogP contribution in [0.25, 0.3) is 0 Å². The number of hydrogen-bond donors (Lipinski definition) is 3. The van der Waals surface area contributed by atoms with Crippen LogP contribution >= 0.6 is 0 Å². The monoisotopic (exact) mass is 288 g/mol. The van der Waals surface area contributed by atoms with Crippen molar-refractivity contribution in [2.75, 3.05) is 6.61 Å². The van der Waals surface area contributed by atoms with Gasteiger partial charge >= 0.3 is 0 Å². The van der Waals surface area contributed by atoms with Gasteiger partial charge in [-0.3, -0.25) is 9.59 Å². The zero-order valence-corrected chi connectivity index (χ0v) is 12.6. The molecule has 0 bridgehead atoms. The Morgan fingerprint density at radius 2 is 1.35 bits per heavy atom. The van der Waals surface area contributed by atoms with Crippen molar-refractivity contribution in [3.63, 3.8) is 0 Å². The molecule has 0 aromatic rings. The molecule has 5 heteroatoms. The molecule has 20 heavy (non-hydrogen) atoms. The molecule has 118 valence electrons. The standard InChI is InChI=1S/C15H28O5/c1-3-5-7-9-12(17)15(20,14(19)11-16)13(18)10-8-6-4-2/h14,16,19-20H,3-11H2,1-2H3. The van der Waals surface area contributed by atoms with E-state index >= 15 is 0 Å². The van der Waals surface area contributed by atoms with Crippen LogP contribution < -0.4 is 0 Å². The first-order valence-corrected chi connectivity index (χ1v) is 7.52. The van der Waals surface area contributed by atoms with E-state index < -0.39 is 29.9 Å². The minimum absolute atomic E-state index is 0.0426. The third kappa shape index (κ3) is 5.31. The van der Waals surface area contributed by atoms with Gasteiger partial charge in [-0.15, -0.1) is 0 Å². The summed E-state index contributed by atoms with van der Waals surface area (Å²) in [4.78, 5) is 24.1. The zero-order valence-electron chi connectivity index (χ0n) is 12.6. The van der Waals surface area contributed by atoms with Gasteiger partial charge in [0, 0.05) is 12.8 Å². The largest absolute Gasteiger partial charge is 0.394 e. The first-order valence-electron chi connectivity index (χ1n) is 7.52. The zero-order chi connectivity index (χ0) is 15.6. The second-order valence-electron chi connectivity index (χ2n) is 5.23. The van der Waals surface area contributed by atoms with Crippen LogP contribution in [0.2, 0.25) is 0 Å². The Morgan fingerprint density at radius 3 is 1.65 bits per heavy atom. The van der Waals surface area contributed by atoms with Crippen molar-refractivity contribution in [2.45, 2.75) is 76.9 Å². The minimum Gasteiger partial charge on any atom is -0.394 e. The third-order valence-electron chi connectivity index (χ3n) is 3.52. The predicted octanol–water partition coefficient (Wildman–Crippen LogP) is 1.37. The molecule has 1 unspecified atom stereocenters. The molecule has 0 saturated carbocycles. The summed E-state index contributed by atoms with van der Waals surface area (Å²) in [5.74, 6) is -1.37. The summed E-state index contributed by atoms with van der Waals surface area (Å²) in [6.07, 6.45) is 2.95. The molecule has 0 saturated heterocycles. The maximum Gasteiger partial charge on any atom is 0.209 e. The summed E-state index contributed by atoms with van der Waals surface area (Å²) >= 11 is 0. The van der Waals surface area contributed by atoms with Crippen LogP contribution in [0.3, 0.4) is 0 Å². The molecule has 1 atom stereocenters. The molecule has 3 N–H and O–H groups in total. The number of aliphatic hydroxyl groups excluding tert-OH is 2. The van der Waals surface area contributed by atoms with Crippen molar-refractivity contribution in [1.29, 1.82) is 0 Å². The lowest BCUT2D eigenvalue weighted by molar-refractivity contribution is -0.166. The molecule has 0 spiro atoms. The van der Waals surface area contributed by atoms with Crippen LogP contribution in [0.15, 0.2) is 0 Å². The fraction of sp³-hybridized carbons (Fsp3) is 0.867. The molecule has 0 heterocycles. The number of carbonyl (C=O) groups is 2. The smallest absolute Gasteiger partial charge is 0.209 e. The van der Waals surface area contributed by atoms with E-state index in [2.05, 4.69) is 0 Å². The number of hydrogen-bond acceptors (Lipinski definition) is 5. The third-order valence-corrected chi connectivity index (χ3v) is 3.52. The van der Waals surface area contributed by atoms with Gasteiger partial charge in [0.1, 0.15) is 6.10 Å². The highest BCUT2D eigenvalue weighted by Gasteiger charge is 2.48. The Morgan fingerprint density at radius 1 is 0.950 bits per heavy atom. The van der Waals surface area contributed by atoms with E-state index in [4.69, 9.17) is 5.11 Å².